The van der Waals surface area contributed by atoms with Crippen LogP contribution in [0.25, 0.3) is 0 Å². The van der Waals surface area contributed by atoms with Crippen molar-refractivity contribution in [1.82, 2.24) is 4.90 Å². The molecule has 1 aliphatic carbocycles. The summed E-state index contributed by atoms with van der Waals surface area (Å²) in [5, 5.41) is 9.22. The molecule has 2 amide bonds. The molecule has 0 saturated heterocycles. The fourth-order valence-corrected chi connectivity index (χ4v) is 3.58. The van der Waals surface area contributed by atoms with E-state index >= 15 is 0 Å². The van der Waals surface area contributed by atoms with Crippen LogP contribution in [0.15, 0.2) is 28.7 Å². The molecule has 0 aliphatic heterocycles. The highest BCUT2D eigenvalue weighted by Gasteiger charge is 2.66. The molecule has 23 heavy (non-hydrogen) atoms. The van der Waals surface area contributed by atoms with Crippen molar-refractivity contribution in [2.45, 2.75) is 19.9 Å². The highest BCUT2D eigenvalue weighted by Crippen LogP contribution is 2.59. The van der Waals surface area contributed by atoms with Crippen LogP contribution in [-0.4, -0.2) is 34.8 Å². The lowest BCUT2D eigenvalue weighted by molar-refractivity contribution is -0.143. The fraction of sp³-hybridized carbons (Fsp3) is 0.438. The van der Waals surface area contributed by atoms with E-state index in [2.05, 4.69) is 15.9 Å². The van der Waals surface area contributed by atoms with Gasteiger partial charge < -0.3 is 15.7 Å². The number of rotatable bonds is 5. The molecule has 1 unspecified atom stereocenters. The first-order valence-electron chi connectivity index (χ1n) is 7.13. The third-order valence-electron chi connectivity index (χ3n) is 4.53. The summed E-state index contributed by atoms with van der Waals surface area (Å²) in [5.74, 6) is -3.44. The van der Waals surface area contributed by atoms with Crippen molar-refractivity contribution in [3.63, 3.8) is 0 Å². The molecule has 1 aliphatic rings. The molecule has 7 heteroatoms. The number of benzene rings is 1. The Bertz CT molecular complexity index is 674. The Morgan fingerprint density at radius 1 is 1.30 bits per heavy atom. The summed E-state index contributed by atoms with van der Waals surface area (Å²) in [6, 6.07) is 6.02. The second-order valence-corrected chi connectivity index (χ2v) is 7.34. The lowest BCUT2D eigenvalue weighted by atomic mass is 10.0. The Morgan fingerprint density at radius 2 is 1.91 bits per heavy atom. The number of halogens is 1. The largest absolute Gasteiger partial charge is 0.481 e. The number of hydrogen-bond donors (Lipinski definition) is 2. The van der Waals surface area contributed by atoms with Gasteiger partial charge in [0.2, 0.25) is 11.8 Å². The number of carboxylic acids is 1. The van der Waals surface area contributed by atoms with Crippen LogP contribution in [0.2, 0.25) is 0 Å². The second-order valence-electron chi connectivity index (χ2n) is 6.42. The molecule has 3 atom stereocenters. The Morgan fingerprint density at radius 3 is 2.35 bits per heavy atom. The molecule has 124 valence electrons. The smallest absolute Gasteiger partial charge is 0.307 e. The molecule has 1 aromatic carbocycles. The van der Waals surface area contributed by atoms with E-state index in [4.69, 9.17) is 5.73 Å². The predicted octanol–water partition coefficient (Wildman–Crippen LogP) is 1.79. The molecule has 1 saturated carbocycles. The van der Waals surface area contributed by atoms with Gasteiger partial charge in [0.15, 0.2) is 0 Å². The lowest BCUT2D eigenvalue weighted by Crippen LogP contribution is -2.40. The van der Waals surface area contributed by atoms with E-state index in [0.717, 1.165) is 4.47 Å². The maximum Gasteiger partial charge on any atom is 0.307 e. The molecule has 0 spiro atoms. The van der Waals surface area contributed by atoms with Crippen LogP contribution in [0.1, 0.15) is 25.5 Å². The molecular weight excluding hydrogens is 364 g/mol. The number of likely N-dealkylation sites (N-methyl/N-ethyl adjacent to an activating group) is 1. The minimum Gasteiger partial charge on any atom is -0.481 e. The Hall–Kier alpha value is -1.89. The van der Waals surface area contributed by atoms with Crippen molar-refractivity contribution in [2.75, 3.05) is 7.05 Å². The van der Waals surface area contributed by atoms with Gasteiger partial charge in [0.1, 0.15) is 6.04 Å². The van der Waals surface area contributed by atoms with Crippen molar-refractivity contribution in [2.24, 2.45) is 23.0 Å². The van der Waals surface area contributed by atoms with Gasteiger partial charge in [0.05, 0.1) is 11.8 Å². The van der Waals surface area contributed by atoms with Crippen molar-refractivity contribution >= 4 is 33.7 Å². The van der Waals surface area contributed by atoms with E-state index in [1.165, 1.54) is 11.9 Å². The molecule has 2 rings (SSSR count). The van der Waals surface area contributed by atoms with Crippen LogP contribution in [0.4, 0.5) is 0 Å². The Kier molecular flexibility index (Phi) is 4.52. The Labute approximate surface area is 142 Å². The number of hydrogen-bond acceptors (Lipinski definition) is 3. The highest BCUT2D eigenvalue weighted by atomic mass is 79.9. The summed E-state index contributed by atoms with van der Waals surface area (Å²) >= 11 is 3.32. The summed E-state index contributed by atoms with van der Waals surface area (Å²) in [4.78, 5) is 37.1. The van der Waals surface area contributed by atoms with Crippen LogP contribution >= 0.6 is 15.9 Å². The van der Waals surface area contributed by atoms with E-state index in [9.17, 15) is 19.5 Å². The number of carbonyl (C=O) groups is 3. The molecule has 1 fully saturated rings. The van der Waals surface area contributed by atoms with E-state index < -0.39 is 35.2 Å². The van der Waals surface area contributed by atoms with Crippen LogP contribution in [-0.2, 0) is 14.4 Å². The van der Waals surface area contributed by atoms with Crippen molar-refractivity contribution in [3.8, 4) is 0 Å². The maximum absolute atomic E-state index is 12.7. The topological polar surface area (TPSA) is 101 Å². The predicted molar refractivity (Wildman–Crippen MR) is 87.2 cm³/mol. The third-order valence-corrected chi connectivity index (χ3v) is 5.02. The zero-order valence-corrected chi connectivity index (χ0v) is 14.7. The molecule has 6 nitrogen and oxygen atoms in total. The average Bonchev–Trinajstić information content (AvgIpc) is 3.00. The van der Waals surface area contributed by atoms with Gasteiger partial charge in [-0.15, -0.1) is 0 Å². The van der Waals surface area contributed by atoms with Gasteiger partial charge in [-0.1, -0.05) is 41.9 Å². The zero-order valence-electron chi connectivity index (χ0n) is 13.1. The summed E-state index contributed by atoms with van der Waals surface area (Å²) in [5.41, 5.74) is 5.42. The molecule has 3 N–H and O–H groups in total. The highest BCUT2D eigenvalue weighted by molar-refractivity contribution is 9.10. The summed E-state index contributed by atoms with van der Waals surface area (Å²) in [6.07, 6.45) is 0. The summed E-state index contributed by atoms with van der Waals surface area (Å²) in [7, 11) is 1.48. The summed E-state index contributed by atoms with van der Waals surface area (Å²) < 4.78 is 0.761. The normalized spacial score (nSPS) is 23.0. The van der Waals surface area contributed by atoms with Crippen molar-refractivity contribution in [3.05, 3.63) is 34.3 Å². The van der Waals surface area contributed by atoms with Crippen LogP contribution in [0, 0.1) is 17.3 Å². The number of nitrogens with two attached hydrogens (primary N) is 1. The maximum atomic E-state index is 12.7. The van der Waals surface area contributed by atoms with Gasteiger partial charge in [-0.2, -0.15) is 0 Å². The number of carboxylic acid groups (broad SMARTS) is 1. The van der Waals surface area contributed by atoms with Gasteiger partial charge in [-0.25, -0.2) is 0 Å². The lowest BCUT2D eigenvalue weighted by Gasteiger charge is -2.27. The van der Waals surface area contributed by atoms with Gasteiger partial charge in [0.25, 0.3) is 0 Å². The fourth-order valence-electron chi connectivity index (χ4n) is 3.16. The Balaban J connectivity index is 2.29. The minimum absolute atomic E-state index is 0.383. The molecule has 0 heterocycles. The third kappa shape index (κ3) is 3.10. The minimum atomic E-state index is -1.00. The first-order valence-corrected chi connectivity index (χ1v) is 7.92. The monoisotopic (exact) mass is 382 g/mol. The molecule has 0 aromatic heterocycles. The summed E-state index contributed by atoms with van der Waals surface area (Å²) in [6.45, 7) is 3.47. The van der Waals surface area contributed by atoms with Gasteiger partial charge in [-0.05, 0) is 23.1 Å². The molecule has 1 aromatic rings. The number of nitrogens with zero attached hydrogens (tertiary/aromatic N) is 1. The van der Waals surface area contributed by atoms with Crippen molar-refractivity contribution in [1.29, 1.82) is 0 Å². The van der Waals surface area contributed by atoms with Crippen LogP contribution in [0.5, 0.6) is 0 Å². The number of aliphatic carboxylic acids is 1. The SMILES string of the molecule is CN(C(=O)[C@@H]1[C@H](C(=O)O)C1(C)C)C(C(N)=O)c1cccc(Br)c1. The van der Waals surface area contributed by atoms with Gasteiger partial charge >= 0.3 is 5.97 Å². The number of carbonyl (C=O) groups excluding carboxylic acids is 2. The zero-order chi connectivity index (χ0) is 17.5. The van der Waals surface area contributed by atoms with Gasteiger partial charge in [0, 0.05) is 11.5 Å². The average molecular weight is 383 g/mol. The van der Waals surface area contributed by atoms with Crippen molar-refractivity contribution < 1.29 is 19.5 Å². The standard InChI is InChI=1S/C16H19BrN2O4/c1-16(2)10(11(16)15(22)23)14(21)19(3)12(13(18)20)8-5-4-6-9(17)7-8/h4-7,10-12H,1-3H3,(H2,18,20)(H,22,23)/t10-,11+,12?/m0/s1. The molecular formula is C16H19BrN2O4. The first-order chi connectivity index (χ1) is 10.6. The van der Waals surface area contributed by atoms with Crippen LogP contribution in [0.3, 0.4) is 0 Å². The second kappa shape index (κ2) is 5.96. The number of primary amides is 1. The number of amides is 2. The first kappa shape index (κ1) is 17.5. The van der Waals surface area contributed by atoms with E-state index in [0.29, 0.717) is 5.56 Å². The van der Waals surface area contributed by atoms with E-state index in [1.807, 2.05) is 0 Å². The van der Waals surface area contributed by atoms with E-state index in [-0.39, 0.29) is 5.91 Å². The van der Waals surface area contributed by atoms with E-state index in [1.54, 1.807) is 38.1 Å². The van der Waals surface area contributed by atoms with Crippen LogP contribution < -0.4 is 5.73 Å². The quantitative estimate of drug-likeness (QED) is 0.810. The molecule has 0 bridgehead atoms. The van der Waals surface area contributed by atoms with Gasteiger partial charge in [-0.3, -0.25) is 14.4 Å². The molecule has 0 radical (unpaired) electrons.